The van der Waals surface area contributed by atoms with Crippen molar-refractivity contribution in [2.75, 3.05) is 31.1 Å². The van der Waals surface area contributed by atoms with Gasteiger partial charge in [-0.3, -0.25) is 9.69 Å². The number of Topliss-reactive ketones (excluding diaryl/α,β-unsaturated/α-hetero) is 1. The first-order chi connectivity index (χ1) is 14.7. The molecule has 1 aromatic carbocycles. The number of hydrogen-bond acceptors (Lipinski definition) is 6. The van der Waals surface area contributed by atoms with E-state index in [1.807, 2.05) is 6.92 Å². The number of aryl methyl sites for hydroxylation is 1. The van der Waals surface area contributed by atoms with E-state index in [1.165, 1.54) is 10.4 Å². The first-order valence-electron chi connectivity index (χ1n) is 10.6. The fraction of sp³-hybridized carbons (Fsp3) is 0.375. The van der Waals surface area contributed by atoms with Crippen molar-refractivity contribution >= 4 is 23.1 Å². The van der Waals surface area contributed by atoms with Gasteiger partial charge in [-0.1, -0.05) is 36.4 Å². The first kappa shape index (κ1) is 19.4. The summed E-state index contributed by atoms with van der Waals surface area (Å²) in [6.07, 6.45) is 1.39. The second kappa shape index (κ2) is 8.28. The molecule has 1 aliphatic heterocycles. The number of aromatic nitrogens is 2. The molecule has 154 valence electrons. The lowest BCUT2D eigenvalue weighted by molar-refractivity contribution is 0.0962. The molecule has 0 bridgehead atoms. The Hall–Kier alpha value is -2.57. The molecule has 1 saturated heterocycles. The number of fused-ring (bicyclic) bond motifs is 1. The molecule has 2 aliphatic rings. The number of rotatable bonds is 4. The fourth-order valence-electron chi connectivity index (χ4n) is 4.57. The van der Waals surface area contributed by atoms with E-state index in [0.29, 0.717) is 6.42 Å². The Morgan fingerprint density at radius 2 is 1.80 bits per heavy atom. The Morgan fingerprint density at radius 3 is 2.53 bits per heavy atom. The van der Waals surface area contributed by atoms with Crippen LogP contribution in [0.2, 0.25) is 0 Å². The van der Waals surface area contributed by atoms with E-state index >= 15 is 0 Å². The highest BCUT2D eigenvalue weighted by Gasteiger charge is 2.31. The quantitative estimate of drug-likeness (QED) is 0.639. The molecular formula is C24H26N4OS. The van der Waals surface area contributed by atoms with Gasteiger partial charge >= 0.3 is 0 Å². The van der Waals surface area contributed by atoms with E-state index in [9.17, 15) is 4.79 Å². The molecule has 1 atom stereocenters. The van der Waals surface area contributed by atoms with Gasteiger partial charge in [-0.25, -0.2) is 9.97 Å². The van der Waals surface area contributed by atoms with E-state index in [0.717, 1.165) is 62.0 Å². The number of anilines is 1. The highest BCUT2D eigenvalue weighted by molar-refractivity contribution is 7.10. The molecule has 0 amide bonds. The van der Waals surface area contributed by atoms with Crippen LogP contribution in [0.1, 0.15) is 44.5 Å². The minimum atomic E-state index is 0.186. The smallest absolute Gasteiger partial charge is 0.225 e. The summed E-state index contributed by atoms with van der Waals surface area (Å²) in [5.74, 6) is 1.21. The fourth-order valence-corrected chi connectivity index (χ4v) is 5.40. The summed E-state index contributed by atoms with van der Waals surface area (Å²) < 4.78 is 0. The van der Waals surface area contributed by atoms with Gasteiger partial charge in [0, 0.05) is 49.9 Å². The third kappa shape index (κ3) is 3.89. The molecule has 5 rings (SSSR count). The average Bonchev–Trinajstić information content (AvgIpc) is 3.29. The predicted octanol–water partition coefficient (Wildman–Crippen LogP) is 4.08. The minimum absolute atomic E-state index is 0.186. The van der Waals surface area contributed by atoms with Crippen LogP contribution in [0.15, 0.2) is 47.8 Å². The monoisotopic (exact) mass is 418 g/mol. The summed E-state index contributed by atoms with van der Waals surface area (Å²) in [6, 6.07) is 14.8. The SMILES string of the molecule is Cc1nc(N2CCN(Cc3ccccc3)CC2)nc2c1C(=O)C[C@@H](c1cccs1)C2. The van der Waals surface area contributed by atoms with Gasteiger partial charge in [0.05, 0.1) is 17.0 Å². The Morgan fingerprint density at radius 1 is 1.00 bits per heavy atom. The van der Waals surface area contributed by atoms with Crippen molar-refractivity contribution in [3.8, 4) is 0 Å². The van der Waals surface area contributed by atoms with Crippen LogP contribution in [0.4, 0.5) is 5.95 Å². The second-order valence-corrected chi connectivity index (χ2v) is 9.20. The Balaban J connectivity index is 1.31. The molecule has 0 saturated carbocycles. The Kier molecular flexibility index (Phi) is 5.35. The molecule has 0 unspecified atom stereocenters. The second-order valence-electron chi connectivity index (χ2n) is 8.22. The maximum atomic E-state index is 12.8. The van der Waals surface area contributed by atoms with Gasteiger partial charge in [0.1, 0.15) is 0 Å². The van der Waals surface area contributed by atoms with Crippen LogP contribution in [0, 0.1) is 6.92 Å². The highest BCUT2D eigenvalue weighted by atomic mass is 32.1. The maximum absolute atomic E-state index is 12.8. The molecule has 0 spiro atoms. The van der Waals surface area contributed by atoms with Crippen LogP contribution in [0.25, 0.3) is 0 Å². The molecule has 30 heavy (non-hydrogen) atoms. The van der Waals surface area contributed by atoms with Crippen molar-refractivity contribution in [3.05, 3.63) is 75.2 Å². The van der Waals surface area contributed by atoms with Crippen LogP contribution in [0.5, 0.6) is 0 Å². The summed E-state index contributed by atoms with van der Waals surface area (Å²) in [5.41, 5.74) is 3.87. The van der Waals surface area contributed by atoms with Crippen molar-refractivity contribution in [2.45, 2.75) is 32.2 Å². The molecule has 3 heterocycles. The number of ketones is 1. The summed E-state index contributed by atoms with van der Waals surface area (Å²) in [4.78, 5) is 28.5. The van der Waals surface area contributed by atoms with Gasteiger partial charge in [-0.05, 0) is 30.4 Å². The van der Waals surface area contributed by atoms with Crippen LogP contribution >= 0.6 is 11.3 Å². The van der Waals surface area contributed by atoms with Crippen molar-refractivity contribution in [3.63, 3.8) is 0 Å². The third-order valence-corrected chi connectivity index (χ3v) is 7.19. The van der Waals surface area contributed by atoms with E-state index in [1.54, 1.807) is 11.3 Å². The molecule has 1 fully saturated rings. The number of piperazine rings is 1. The van der Waals surface area contributed by atoms with Crippen molar-refractivity contribution in [2.24, 2.45) is 0 Å². The van der Waals surface area contributed by atoms with Crippen molar-refractivity contribution in [1.82, 2.24) is 14.9 Å². The zero-order valence-electron chi connectivity index (χ0n) is 17.3. The lowest BCUT2D eigenvalue weighted by atomic mass is 9.84. The van der Waals surface area contributed by atoms with Gasteiger partial charge in [0.15, 0.2) is 5.78 Å². The van der Waals surface area contributed by atoms with E-state index in [-0.39, 0.29) is 11.7 Å². The molecule has 5 nitrogen and oxygen atoms in total. The van der Waals surface area contributed by atoms with E-state index < -0.39 is 0 Å². The van der Waals surface area contributed by atoms with Gasteiger partial charge in [-0.15, -0.1) is 11.3 Å². The summed E-state index contributed by atoms with van der Waals surface area (Å²) in [5, 5.41) is 2.08. The van der Waals surface area contributed by atoms with Crippen LogP contribution < -0.4 is 4.90 Å². The van der Waals surface area contributed by atoms with Gasteiger partial charge in [0.2, 0.25) is 5.95 Å². The summed E-state index contributed by atoms with van der Waals surface area (Å²) in [6.45, 7) is 6.74. The number of thiophene rings is 1. The first-order valence-corrected chi connectivity index (χ1v) is 11.5. The lowest BCUT2D eigenvalue weighted by Gasteiger charge is -2.35. The lowest BCUT2D eigenvalue weighted by Crippen LogP contribution is -2.46. The van der Waals surface area contributed by atoms with Gasteiger partial charge in [-0.2, -0.15) is 0 Å². The number of hydrogen-bond donors (Lipinski definition) is 0. The highest BCUT2D eigenvalue weighted by Crippen LogP contribution is 2.35. The zero-order chi connectivity index (χ0) is 20.5. The molecule has 6 heteroatoms. The van der Waals surface area contributed by atoms with Crippen molar-refractivity contribution in [1.29, 1.82) is 0 Å². The van der Waals surface area contributed by atoms with Crippen LogP contribution in [-0.4, -0.2) is 46.8 Å². The molecular weight excluding hydrogens is 392 g/mol. The molecule has 2 aromatic heterocycles. The Labute approximate surface area is 181 Å². The van der Waals surface area contributed by atoms with Crippen LogP contribution in [-0.2, 0) is 13.0 Å². The van der Waals surface area contributed by atoms with Gasteiger partial charge in [0.25, 0.3) is 0 Å². The zero-order valence-corrected chi connectivity index (χ0v) is 18.1. The normalized spacial score (nSPS) is 19.7. The Bertz CT molecular complexity index is 1030. The number of benzene rings is 1. The summed E-state index contributed by atoms with van der Waals surface area (Å²) in [7, 11) is 0. The number of carbonyl (C=O) groups excluding carboxylic acids is 1. The molecule has 0 radical (unpaired) electrons. The van der Waals surface area contributed by atoms with Crippen molar-refractivity contribution < 1.29 is 4.79 Å². The molecule has 3 aromatic rings. The largest absolute Gasteiger partial charge is 0.338 e. The minimum Gasteiger partial charge on any atom is -0.338 e. The molecule has 1 aliphatic carbocycles. The average molecular weight is 419 g/mol. The van der Waals surface area contributed by atoms with E-state index in [2.05, 4.69) is 57.6 Å². The summed E-state index contributed by atoms with van der Waals surface area (Å²) >= 11 is 1.73. The van der Waals surface area contributed by atoms with Gasteiger partial charge < -0.3 is 4.90 Å². The number of carbonyl (C=O) groups is 1. The topological polar surface area (TPSA) is 49.3 Å². The molecule has 0 N–H and O–H groups in total. The standard InChI is InChI=1S/C24H26N4OS/c1-17-23-20(14-19(15-21(23)29)22-8-5-13-30-22)26-24(25-17)28-11-9-27(10-12-28)16-18-6-3-2-4-7-18/h2-8,13,19H,9-12,14-16H2,1H3/t19-/m0/s1. The van der Waals surface area contributed by atoms with E-state index in [4.69, 9.17) is 9.97 Å². The number of nitrogens with zero attached hydrogens (tertiary/aromatic N) is 4. The third-order valence-electron chi connectivity index (χ3n) is 6.15. The predicted molar refractivity (Wildman–Crippen MR) is 120 cm³/mol. The van der Waals surface area contributed by atoms with Crippen LogP contribution in [0.3, 0.4) is 0 Å². The maximum Gasteiger partial charge on any atom is 0.225 e.